The van der Waals surface area contributed by atoms with Gasteiger partial charge in [0, 0.05) is 12.6 Å². The van der Waals surface area contributed by atoms with E-state index < -0.39 is 11.9 Å². The van der Waals surface area contributed by atoms with Crippen molar-refractivity contribution in [3.05, 3.63) is 17.8 Å². The number of aromatic nitrogens is 2. The summed E-state index contributed by atoms with van der Waals surface area (Å²) in [4.78, 5) is 2.25. The molecule has 0 aromatic carbocycles. The Labute approximate surface area is 117 Å². The van der Waals surface area contributed by atoms with Crippen molar-refractivity contribution < 1.29 is 13.2 Å². The molecule has 0 saturated carbocycles. The van der Waals surface area contributed by atoms with E-state index in [4.69, 9.17) is 0 Å². The highest BCUT2D eigenvalue weighted by atomic mass is 19.4. The molecule has 0 aliphatic heterocycles. The van der Waals surface area contributed by atoms with Crippen LogP contribution >= 0.6 is 0 Å². The van der Waals surface area contributed by atoms with E-state index in [0.29, 0.717) is 18.4 Å². The van der Waals surface area contributed by atoms with E-state index in [1.807, 2.05) is 0 Å². The number of nitrogens with one attached hydrogen (secondary N) is 1. The van der Waals surface area contributed by atoms with Crippen LogP contribution in [0.15, 0.2) is 12.1 Å². The minimum atomic E-state index is -4.44. The van der Waals surface area contributed by atoms with Gasteiger partial charge in [-0.3, -0.25) is 0 Å². The van der Waals surface area contributed by atoms with Crippen molar-refractivity contribution in [2.45, 2.75) is 38.9 Å². The van der Waals surface area contributed by atoms with Crippen LogP contribution in [0.2, 0.25) is 0 Å². The predicted molar refractivity (Wildman–Crippen MR) is 72.5 cm³/mol. The highest BCUT2D eigenvalue weighted by Crippen LogP contribution is 2.26. The molecule has 4 nitrogen and oxygen atoms in total. The van der Waals surface area contributed by atoms with Gasteiger partial charge < -0.3 is 10.2 Å². The van der Waals surface area contributed by atoms with Crippen LogP contribution in [0.3, 0.4) is 0 Å². The Bertz CT molecular complexity index is 390. The Balaban J connectivity index is 2.26. The first-order chi connectivity index (χ1) is 9.30. The molecular weight excluding hydrogens is 269 g/mol. The van der Waals surface area contributed by atoms with E-state index in [1.54, 1.807) is 0 Å². The van der Waals surface area contributed by atoms with Gasteiger partial charge in [0.1, 0.15) is 5.82 Å². The van der Waals surface area contributed by atoms with Crippen LogP contribution in [-0.4, -0.2) is 41.3 Å². The smallest absolute Gasteiger partial charge is 0.369 e. The molecule has 1 aromatic heterocycles. The number of hydrogen-bond acceptors (Lipinski definition) is 4. The molecule has 0 spiro atoms. The van der Waals surface area contributed by atoms with E-state index in [1.165, 1.54) is 6.07 Å². The van der Waals surface area contributed by atoms with Gasteiger partial charge in [-0.2, -0.15) is 13.2 Å². The average Bonchev–Trinajstić information content (AvgIpc) is 2.37. The van der Waals surface area contributed by atoms with Gasteiger partial charge in [-0.05, 0) is 52.4 Å². The highest BCUT2D eigenvalue weighted by Gasteiger charge is 2.32. The zero-order valence-electron chi connectivity index (χ0n) is 12.0. The van der Waals surface area contributed by atoms with Gasteiger partial charge in [0.05, 0.1) is 0 Å². The van der Waals surface area contributed by atoms with Crippen LogP contribution in [0.25, 0.3) is 0 Å². The lowest BCUT2D eigenvalue weighted by Crippen LogP contribution is -2.27. The summed E-state index contributed by atoms with van der Waals surface area (Å²) in [7, 11) is 2.07. The maximum absolute atomic E-state index is 12.3. The molecule has 1 heterocycles. The van der Waals surface area contributed by atoms with E-state index in [0.717, 1.165) is 25.5 Å². The monoisotopic (exact) mass is 290 g/mol. The molecule has 1 rings (SSSR count). The van der Waals surface area contributed by atoms with Crippen LogP contribution in [-0.2, 0) is 6.18 Å². The summed E-state index contributed by atoms with van der Waals surface area (Å²) in [5, 5.41) is 9.64. The van der Waals surface area contributed by atoms with E-state index >= 15 is 0 Å². The van der Waals surface area contributed by atoms with Gasteiger partial charge in [0.25, 0.3) is 0 Å². The summed E-state index contributed by atoms with van der Waals surface area (Å²) in [6, 6.07) is 2.75. The molecule has 0 aliphatic rings. The van der Waals surface area contributed by atoms with E-state index in [2.05, 4.69) is 41.3 Å². The third-order valence-electron chi connectivity index (χ3n) is 3.08. The maximum Gasteiger partial charge on any atom is 0.435 e. The lowest BCUT2D eigenvalue weighted by atomic mass is 10.2. The SMILES string of the molecule is CC(C)N(C)CCCCNc1ccc(C(F)(F)F)nn1. The van der Waals surface area contributed by atoms with Crippen molar-refractivity contribution >= 4 is 5.82 Å². The van der Waals surface area contributed by atoms with Crippen molar-refractivity contribution in [3.63, 3.8) is 0 Å². The quantitative estimate of drug-likeness (QED) is 0.784. The second kappa shape index (κ2) is 7.42. The molecule has 114 valence electrons. The summed E-state index contributed by atoms with van der Waals surface area (Å²) in [5.74, 6) is 0.371. The van der Waals surface area contributed by atoms with Crippen LogP contribution in [0, 0.1) is 0 Å². The number of halogens is 3. The first-order valence-corrected chi connectivity index (χ1v) is 6.65. The van der Waals surface area contributed by atoms with Crippen molar-refractivity contribution in [2.24, 2.45) is 0 Å². The first-order valence-electron chi connectivity index (χ1n) is 6.65. The maximum atomic E-state index is 12.3. The fraction of sp³-hybridized carbons (Fsp3) is 0.692. The predicted octanol–water partition coefficient (Wildman–Crippen LogP) is 3.03. The summed E-state index contributed by atoms with van der Waals surface area (Å²) in [5.41, 5.74) is -0.971. The molecule has 7 heteroatoms. The van der Waals surface area contributed by atoms with Crippen molar-refractivity contribution in [3.8, 4) is 0 Å². The Morgan fingerprint density at radius 1 is 1.20 bits per heavy atom. The Morgan fingerprint density at radius 3 is 2.40 bits per heavy atom. The van der Waals surface area contributed by atoms with Crippen molar-refractivity contribution in [2.75, 3.05) is 25.5 Å². The van der Waals surface area contributed by atoms with E-state index in [-0.39, 0.29) is 0 Å². The van der Waals surface area contributed by atoms with Crippen molar-refractivity contribution in [1.29, 1.82) is 0 Å². The van der Waals surface area contributed by atoms with Gasteiger partial charge in [0.15, 0.2) is 5.69 Å². The average molecular weight is 290 g/mol. The number of nitrogens with zero attached hydrogens (tertiary/aromatic N) is 3. The highest BCUT2D eigenvalue weighted by molar-refractivity contribution is 5.33. The molecule has 0 saturated heterocycles. The molecule has 0 amide bonds. The Hall–Kier alpha value is -1.37. The van der Waals surface area contributed by atoms with Crippen molar-refractivity contribution in [1.82, 2.24) is 15.1 Å². The molecule has 0 radical (unpaired) electrons. The van der Waals surface area contributed by atoms with Gasteiger partial charge in [-0.1, -0.05) is 0 Å². The first kappa shape index (κ1) is 16.7. The molecule has 1 aromatic rings. The Kier molecular flexibility index (Phi) is 6.19. The zero-order chi connectivity index (χ0) is 15.2. The summed E-state index contributed by atoms with van der Waals surface area (Å²) in [6.07, 6.45) is -2.48. The number of alkyl halides is 3. The van der Waals surface area contributed by atoms with Crippen LogP contribution < -0.4 is 5.32 Å². The third-order valence-corrected chi connectivity index (χ3v) is 3.08. The van der Waals surface area contributed by atoms with Gasteiger partial charge in [0.2, 0.25) is 0 Å². The molecule has 1 N–H and O–H groups in total. The second-order valence-electron chi connectivity index (χ2n) is 5.01. The topological polar surface area (TPSA) is 41.0 Å². The molecule has 0 unspecified atom stereocenters. The standard InChI is InChI=1S/C13H21F3N4/c1-10(2)20(3)9-5-4-8-17-12-7-6-11(18-19-12)13(14,15)16/h6-7,10H,4-5,8-9H2,1-3H3,(H,17,19). The number of unbranched alkanes of at least 4 members (excludes halogenated alkanes) is 1. The molecule has 20 heavy (non-hydrogen) atoms. The second-order valence-corrected chi connectivity index (χ2v) is 5.01. The lowest BCUT2D eigenvalue weighted by Gasteiger charge is -2.20. The third kappa shape index (κ3) is 5.73. The van der Waals surface area contributed by atoms with Gasteiger partial charge in [-0.25, -0.2) is 0 Å². The van der Waals surface area contributed by atoms with Gasteiger partial charge in [-0.15, -0.1) is 10.2 Å². The van der Waals surface area contributed by atoms with Crippen LogP contribution in [0.5, 0.6) is 0 Å². The largest absolute Gasteiger partial charge is 0.435 e. The summed E-state index contributed by atoms with van der Waals surface area (Å²) >= 11 is 0. The minimum Gasteiger partial charge on any atom is -0.369 e. The molecule has 0 bridgehead atoms. The van der Waals surface area contributed by atoms with Crippen LogP contribution in [0.4, 0.5) is 19.0 Å². The zero-order valence-corrected chi connectivity index (χ0v) is 12.0. The summed E-state index contributed by atoms with van der Waals surface area (Å²) in [6.45, 7) is 5.94. The fourth-order valence-electron chi connectivity index (χ4n) is 1.54. The molecular formula is C13H21F3N4. The van der Waals surface area contributed by atoms with Crippen LogP contribution in [0.1, 0.15) is 32.4 Å². The minimum absolute atomic E-state index is 0.371. The number of anilines is 1. The molecule has 0 atom stereocenters. The Morgan fingerprint density at radius 2 is 1.90 bits per heavy atom. The lowest BCUT2D eigenvalue weighted by molar-refractivity contribution is -0.141. The number of hydrogen-bond donors (Lipinski definition) is 1. The fourth-order valence-corrected chi connectivity index (χ4v) is 1.54. The number of rotatable bonds is 7. The summed E-state index contributed by atoms with van der Waals surface area (Å²) < 4.78 is 36.9. The van der Waals surface area contributed by atoms with Gasteiger partial charge >= 0.3 is 6.18 Å². The normalized spacial score (nSPS) is 12.2. The molecule has 0 fully saturated rings. The molecule has 0 aliphatic carbocycles. The van der Waals surface area contributed by atoms with E-state index in [9.17, 15) is 13.2 Å².